The minimum Gasteiger partial charge on any atom is -0.467 e. The van der Waals surface area contributed by atoms with Gasteiger partial charge < -0.3 is 29.6 Å². The number of esters is 2. The second kappa shape index (κ2) is 9.98. The number of methoxy groups -OCH3 is 2. The molecule has 2 amide bonds. The van der Waals surface area contributed by atoms with Crippen LogP contribution < -0.4 is 10.6 Å². The summed E-state index contributed by atoms with van der Waals surface area (Å²) >= 11 is 0. The molecule has 0 aromatic rings. The molecule has 0 radical (unpaired) electrons. The number of amides is 2. The number of alkyl carbamates (subject to hydrolysis) is 2. The second-order valence-corrected chi connectivity index (χ2v) is 7.68. The van der Waals surface area contributed by atoms with Gasteiger partial charge in [0, 0.05) is 6.42 Å². The van der Waals surface area contributed by atoms with Gasteiger partial charge >= 0.3 is 24.1 Å². The first-order valence-corrected chi connectivity index (χ1v) is 8.33. The van der Waals surface area contributed by atoms with Gasteiger partial charge in [0.25, 0.3) is 0 Å². The van der Waals surface area contributed by atoms with Gasteiger partial charge in [0.1, 0.15) is 23.3 Å². The molecule has 0 rings (SSSR count). The maximum absolute atomic E-state index is 12.0. The molecule has 0 heterocycles. The van der Waals surface area contributed by atoms with Gasteiger partial charge in [0.15, 0.2) is 0 Å². The van der Waals surface area contributed by atoms with Crippen molar-refractivity contribution < 1.29 is 38.1 Å². The zero-order valence-electron chi connectivity index (χ0n) is 17.1. The maximum atomic E-state index is 12.0. The third kappa shape index (κ3) is 10.9. The van der Waals surface area contributed by atoms with Crippen molar-refractivity contribution in [2.75, 3.05) is 14.2 Å². The van der Waals surface area contributed by atoms with E-state index in [1.807, 2.05) is 0 Å². The molecule has 0 aliphatic carbocycles. The van der Waals surface area contributed by atoms with Crippen LogP contribution in [0.4, 0.5) is 9.59 Å². The summed E-state index contributed by atoms with van der Waals surface area (Å²) < 4.78 is 19.5. The van der Waals surface area contributed by atoms with Crippen LogP contribution in [0.1, 0.15) is 48.0 Å². The molecule has 0 saturated carbocycles. The Kier molecular flexibility index (Phi) is 9.05. The van der Waals surface area contributed by atoms with Crippen LogP contribution in [-0.4, -0.2) is 61.6 Å². The Morgan fingerprint density at radius 1 is 0.704 bits per heavy atom. The van der Waals surface area contributed by atoms with Gasteiger partial charge in [-0.25, -0.2) is 19.2 Å². The Morgan fingerprint density at radius 3 is 1.22 bits per heavy atom. The summed E-state index contributed by atoms with van der Waals surface area (Å²) in [5.74, 6) is -1.64. The molecule has 0 aromatic heterocycles. The van der Waals surface area contributed by atoms with E-state index >= 15 is 0 Å². The van der Waals surface area contributed by atoms with Crippen LogP contribution in [0.5, 0.6) is 0 Å². The fraction of sp³-hybridized carbons (Fsp3) is 0.765. The van der Waals surface area contributed by atoms with Gasteiger partial charge in [-0.3, -0.25) is 0 Å². The van der Waals surface area contributed by atoms with Gasteiger partial charge in [0.2, 0.25) is 0 Å². The smallest absolute Gasteiger partial charge is 0.408 e. The first-order chi connectivity index (χ1) is 12.2. The van der Waals surface area contributed by atoms with Gasteiger partial charge in [0.05, 0.1) is 14.2 Å². The Bertz CT molecular complexity index is 500. The fourth-order valence-electron chi connectivity index (χ4n) is 1.85. The maximum Gasteiger partial charge on any atom is 0.408 e. The van der Waals surface area contributed by atoms with Crippen molar-refractivity contribution in [1.29, 1.82) is 0 Å². The molecular weight excluding hydrogens is 360 g/mol. The molecule has 2 atom stereocenters. The Hall–Kier alpha value is -2.52. The third-order valence-electron chi connectivity index (χ3n) is 2.82. The van der Waals surface area contributed by atoms with Crippen molar-refractivity contribution in [2.45, 2.75) is 71.2 Å². The van der Waals surface area contributed by atoms with Crippen molar-refractivity contribution in [3.63, 3.8) is 0 Å². The molecular formula is C17H30N2O8. The number of hydrogen-bond acceptors (Lipinski definition) is 8. The van der Waals surface area contributed by atoms with E-state index in [0.717, 1.165) is 14.2 Å². The van der Waals surface area contributed by atoms with E-state index in [9.17, 15) is 19.2 Å². The largest absolute Gasteiger partial charge is 0.467 e. The Balaban J connectivity index is 5.26. The van der Waals surface area contributed by atoms with Crippen LogP contribution >= 0.6 is 0 Å². The minimum absolute atomic E-state index is 0.322. The highest BCUT2D eigenvalue weighted by Crippen LogP contribution is 2.11. The van der Waals surface area contributed by atoms with E-state index in [2.05, 4.69) is 20.1 Å². The zero-order valence-corrected chi connectivity index (χ0v) is 17.1. The van der Waals surface area contributed by atoms with Gasteiger partial charge in [-0.2, -0.15) is 0 Å². The summed E-state index contributed by atoms with van der Waals surface area (Å²) in [5, 5.41) is 4.64. The number of carbonyl (C=O) groups is 4. The molecule has 10 nitrogen and oxygen atoms in total. The van der Waals surface area contributed by atoms with Crippen LogP contribution in [0, 0.1) is 0 Å². The summed E-state index contributed by atoms with van der Waals surface area (Å²) in [4.78, 5) is 47.9. The first kappa shape index (κ1) is 24.5. The van der Waals surface area contributed by atoms with E-state index in [1.165, 1.54) is 0 Å². The average Bonchev–Trinajstić information content (AvgIpc) is 2.48. The number of nitrogens with one attached hydrogen (secondary N) is 2. The quantitative estimate of drug-likeness (QED) is 0.516. The molecule has 0 spiro atoms. The summed E-state index contributed by atoms with van der Waals surface area (Å²) in [7, 11) is 2.25. The van der Waals surface area contributed by atoms with E-state index < -0.39 is 47.4 Å². The normalized spacial score (nSPS) is 13.6. The molecule has 27 heavy (non-hydrogen) atoms. The lowest BCUT2D eigenvalue weighted by Gasteiger charge is -2.26. The van der Waals surface area contributed by atoms with Crippen molar-refractivity contribution in [2.24, 2.45) is 0 Å². The highest BCUT2D eigenvalue weighted by atomic mass is 16.6. The minimum atomic E-state index is -1.26. The highest BCUT2D eigenvalue weighted by Gasteiger charge is 2.33. The lowest BCUT2D eigenvalue weighted by Crippen LogP contribution is -2.51. The zero-order chi connectivity index (χ0) is 21.4. The molecule has 10 heteroatoms. The second-order valence-electron chi connectivity index (χ2n) is 7.68. The van der Waals surface area contributed by atoms with E-state index in [0.29, 0.717) is 0 Å². The van der Waals surface area contributed by atoms with E-state index in [1.54, 1.807) is 41.5 Å². The Morgan fingerprint density at radius 2 is 1.00 bits per heavy atom. The fourth-order valence-corrected chi connectivity index (χ4v) is 1.85. The number of ether oxygens (including phenoxy) is 4. The monoisotopic (exact) mass is 390 g/mol. The predicted molar refractivity (Wildman–Crippen MR) is 95.0 cm³/mol. The molecule has 0 bridgehead atoms. The number of rotatable bonds is 6. The van der Waals surface area contributed by atoms with Crippen LogP contribution in [-0.2, 0) is 28.5 Å². The van der Waals surface area contributed by atoms with Gasteiger partial charge in [-0.05, 0) is 41.5 Å². The summed E-state index contributed by atoms with van der Waals surface area (Å²) in [5.41, 5.74) is -1.58. The average molecular weight is 390 g/mol. The highest BCUT2D eigenvalue weighted by molar-refractivity contribution is 5.85. The summed E-state index contributed by atoms with van der Waals surface area (Å²) in [6.45, 7) is 9.92. The lowest BCUT2D eigenvalue weighted by molar-refractivity contribution is -0.146. The summed E-state index contributed by atoms with van der Waals surface area (Å²) in [6, 6.07) is -2.52. The van der Waals surface area contributed by atoms with E-state index in [-0.39, 0.29) is 6.42 Å². The van der Waals surface area contributed by atoms with Crippen molar-refractivity contribution in [3.8, 4) is 0 Å². The lowest BCUT2D eigenvalue weighted by atomic mass is 10.1. The van der Waals surface area contributed by atoms with Crippen LogP contribution in [0.2, 0.25) is 0 Å². The predicted octanol–water partition coefficient (Wildman–Crippen LogP) is 1.51. The summed E-state index contributed by atoms with van der Waals surface area (Å²) in [6.07, 6.45) is -2.07. The van der Waals surface area contributed by atoms with Crippen LogP contribution in [0.25, 0.3) is 0 Å². The number of carbonyl (C=O) groups excluding carboxylic acids is 4. The van der Waals surface area contributed by atoms with Crippen LogP contribution in [0.3, 0.4) is 0 Å². The standard InChI is InChI=1S/C17H30N2O8/c1-16(2,3)26-14(22)18-10(12(20)24-7)9-11(13(21)25-8)19-15(23)27-17(4,5)6/h10-11H,9H2,1-8H3,(H,18,22)(H,19,23)/t10-,11+. The Labute approximate surface area is 159 Å². The first-order valence-electron chi connectivity index (χ1n) is 8.33. The van der Waals surface area contributed by atoms with Crippen molar-refractivity contribution >= 4 is 24.1 Å². The van der Waals surface area contributed by atoms with Gasteiger partial charge in [-0.1, -0.05) is 0 Å². The molecule has 0 fully saturated rings. The van der Waals surface area contributed by atoms with Crippen molar-refractivity contribution in [3.05, 3.63) is 0 Å². The molecule has 0 aliphatic rings. The van der Waals surface area contributed by atoms with Crippen molar-refractivity contribution in [1.82, 2.24) is 10.6 Å². The molecule has 0 unspecified atom stereocenters. The molecule has 0 aromatic carbocycles. The molecule has 0 aliphatic heterocycles. The molecule has 156 valence electrons. The SMILES string of the molecule is COC(=O)[C@H](C[C@@H](NC(=O)OC(C)(C)C)C(=O)OC)NC(=O)OC(C)(C)C. The molecule has 2 N–H and O–H groups in total. The number of hydrogen-bond donors (Lipinski definition) is 2. The third-order valence-corrected chi connectivity index (χ3v) is 2.82. The topological polar surface area (TPSA) is 129 Å². The van der Waals surface area contributed by atoms with Crippen LogP contribution in [0.15, 0.2) is 0 Å². The molecule has 0 saturated heterocycles. The van der Waals surface area contributed by atoms with E-state index in [4.69, 9.17) is 9.47 Å². The van der Waals surface area contributed by atoms with Gasteiger partial charge in [-0.15, -0.1) is 0 Å².